The number of hydrogen-bond donors (Lipinski definition) is 0. The summed E-state index contributed by atoms with van der Waals surface area (Å²) in [4.78, 5) is 19.8. The molecule has 0 radical (unpaired) electrons. The summed E-state index contributed by atoms with van der Waals surface area (Å²) in [5.74, 6) is 1.54. The molecule has 0 aliphatic carbocycles. The van der Waals surface area contributed by atoms with E-state index in [1.165, 1.54) is 0 Å². The Kier molecular flexibility index (Phi) is 8.84. The van der Waals surface area contributed by atoms with E-state index < -0.39 is 11.6 Å². The lowest BCUT2D eigenvalue weighted by Gasteiger charge is -2.32. The molecule has 4 heterocycles. The van der Waals surface area contributed by atoms with Crippen molar-refractivity contribution in [3.05, 3.63) is 47.9 Å². The Bertz CT molecular complexity index is 1410. The molecule has 5 rings (SSSR count). The molecule has 1 aliphatic rings. The minimum Gasteiger partial charge on any atom is -0.493 e. The van der Waals surface area contributed by atoms with Crippen LogP contribution in [-0.2, 0) is 6.42 Å². The minimum atomic E-state index is -0.785. The van der Waals surface area contributed by atoms with E-state index in [0.717, 1.165) is 62.9 Å². The van der Waals surface area contributed by atoms with Crippen LogP contribution in [0.5, 0.6) is 5.75 Å². The van der Waals surface area contributed by atoms with E-state index in [-0.39, 0.29) is 23.1 Å². The summed E-state index contributed by atoms with van der Waals surface area (Å²) < 4.78 is 45.4. The second-order valence-corrected chi connectivity index (χ2v) is 11.2. The Morgan fingerprint density at radius 3 is 2.27 bits per heavy atom. The van der Waals surface area contributed by atoms with Crippen LogP contribution in [0, 0.1) is 23.5 Å². The molecule has 1 aromatic carbocycles. The zero-order valence-electron chi connectivity index (χ0n) is 23.8. The summed E-state index contributed by atoms with van der Waals surface area (Å²) in [7, 11) is 0. The fraction of sp³-hybridized carbons (Fsp3) is 0.517. The van der Waals surface area contributed by atoms with Gasteiger partial charge in [-0.1, -0.05) is 38.0 Å². The third-order valence-corrected chi connectivity index (χ3v) is 7.05. The number of piperidine rings is 1. The lowest BCUT2D eigenvalue weighted by molar-refractivity contribution is 0.277. The standard InChI is InChI=1S/C29H35F2N7O3/c1-17(2)12-24-34-26(36-40-24)20-15-32-29(33-16-20)38-9-7-19(8-10-38)6-5-11-39-21-13-22(30)25(23(31)14-21)27-35-28(18(3)4)41-37-27/h13-19H,5-12H2,1-4H3. The molecule has 0 saturated carbocycles. The highest BCUT2D eigenvalue weighted by Crippen LogP contribution is 2.30. The van der Waals surface area contributed by atoms with Crippen LogP contribution >= 0.6 is 0 Å². The number of benzene rings is 1. The number of anilines is 1. The van der Waals surface area contributed by atoms with Crippen molar-refractivity contribution in [2.24, 2.45) is 11.8 Å². The van der Waals surface area contributed by atoms with Gasteiger partial charge in [-0.3, -0.25) is 0 Å². The molecule has 1 aliphatic heterocycles. The first-order valence-electron chi connectivity index (χ1n) is 14.1. The first-order chi connectivity index (χ1) is 19.8. The van der Waals surface area contributed by atoms with Crippen molar-refractivity contribution < 1.29 is 22.6 Å². The molecule has 41 heavy (non-hydrogen) atoms. The molecular weight excluding hydrogens is 532 g/mol. The van der Waals surface area contributed by atoms with Gasteiger partial charge in [0.15, 0.2) is 0 Å². The molecule has 0 atom stereocenters. The van der Waals surface area contributed by atoms with Crippen LogP contribution < -0.4 is 9.64 Å². The highest BCUT2D eigenvalue weighted by Gasteiger charge is 2.23. The van der Waals surface area contributed by atoms with Crippen molar-refractivity contribution in [1.29, 1.82) is 0 Å². The second kappa shape index (κ2) is 12.7. The van der Waals surface area contributed by atoms with Crippen molar-refractivity contribution in [2.75, 3.05) is 24.6 Å². The Labute approximate surface area is 237 Å². The largest absolute Gasteiger partial charge is 0.493 e. The summed E-state index contributed by atoms with van der Waals surface area (Å²) in [5, 5.41) is 7.75. The van der Waals surface area contributed by atoms with Gasteiger partial charge in [0.1, 0.15) is 17.4 Å². The van der Waals surface area contributed by atoms with Crippen LogP contribution in [0.4, 0.5) is 14.7 Å². The van der Waals surface area contributed by atoms with Gasteiger partial charge in [-0.05, 0) is 37.5 Å². The molecule has 12 heteroatoms. The molecule has 0 N–H and O–H groups in total. The highest BCUT2D eigenvalue weighted by atomic mass is 19.1. The van der Waals surface area contributed by atoms with Gasteiger partial charge >= 0.3 is 0 Å². The van der Waals surface area contributed by atoms with Crippen molar-refractivity contribution in [3.63, 3.8) is 0 Å². The van der Waals surface area contributed by atoms with Gasteiger partial charge < -0.3 is 18.7 Å². The van der Waals surface area contributed by atoms with Crippen LogP contribution in [0.25, 0.3) is 22.8 Å². The van der Waals surface area contributed by atoms with Crippen LogP contribution in [0.3, 0.4) is 0 Å². The predicted octanol–water partition coefficient (Wildman–Crippen LogP) is 6.25. The van der Waals surface area contributed by atoms with E-state index in [2.05, 4.69) is 49.0 Å². The minimum absolute atomic E-state index is 0.0380. The summed E-state index contributed by atoms with van der Waals surface area (Å²) in [6, 6.07) is 2.33. The van der Waals surface area contributed by atoms with E-state index in [4.69, 9.17) is 13.8 Å². The van der Waals surface area contributed by atoms with Gasteiger partial charge in [-0.2, -0.15) is 9.97 Å². The zero-order valence-corrected chi connectivity index (χ0v) is 23.8. The lowest BCUT2D eigenvalue weighted by atomic mass is 9.92. The van der Waals surface area contributed by atoms with E-state index in [1.807, 2.05) is 13.8 Å². The predicted molar refractivity (Wildman–Crippen MR) is 147 cm³/mol. The average molecular weight is 568 g/mol. The van der Waals surface area contributed by atoms with E-state index in [9.17, 15) is 8.78 Å². The first kappa shape index (κ1) is 28.6. The van der Waals surface area contributed by atoms with Gasteiger partial charge in [0.2, 0.25) is 29.4 Å². The normalized spacial score (nSPS) is 14.4. The summed E-state index contributed by atoms with van der Waals surface area (Å²) in [6.45, 7) is 10.0. The van der Waals surface area contributed by atoms with Crippen LogP contribution in [0.2, 0.25) is 0 Å². The number of hydrogen-bond acceptors (Lipinski definition) is 10. The van der Waals surface area contributed by atoms with E-state index in [0.29, 0.717) is 42.0 Å². The Morgan fingerprint density at radius 2 is 1.63 bits per heavy atom. The number of aromatic nitrogens is 6. The monoisotopic (exact) mass is 567 g/mol. The third kappa shape index (κ3) is 7.04. The number of ether oxygens (including phenoxy) is 1. The van der Waals surface area contributed by atoms with Gasteiger partial charge in [-0.15, -0.1) is 0 Å². The Morgan fingerprint density at radius 1 is 0.951 bits per heavy atom. The van der Waals surface area contributed by atoms with Crippen LogP contribution in [-0.4, -0.2) is 49.9 Å². The Balaban J connectivity index is 1.06. The quantitative estimate of drug-likeness (QED) is 0.192. The number of halogens is 2. The maximum Gasteiger partial charge on any atom is 0.229 e. The zero-order chi connectivity index (χ0) is 28.9. The third-order valence-electron chi connectivity index (χ3n) is 7.05. The Hall–Kier alpha value is -3.96. The second-order valence-electron chi connectivity index (χ2n) is 11.2. The first-order valence-corrected chi connectivity index (χ1v) is 14.1. The number of nitrogens with zero attached hydrogens (tertiary/aromatic N) is 7. The lowest BCUT2D eigenvalue weighted by Crippen LogP contribution is -2.34. The van der Waals surface area contributed by atoms with Gasteiger partial charge in [-0.25, -0.2) is 18.7 Å². The maximum absolute atomic E-state index is 14.7. The molecule has 3 aromatic heterocycles. The summed E-state index contributed by atoms with van der Waals surface area (Å²) in [6.07, 6.45) is 7.98. The molecule has 218 valence electrons. The molecular formula is C29H35F2N7O3. The molecule has 1 fully saturated rings. The van der Waals surface area contributed by atoms with Gasteiger partial charge in [0.25, 0.3) is 0 Å². The highest BCUT2D eigenvalue weighted by molar-refractivity contribution is 5.58. The van der Waals surface area contributed by atoms with Crippen molar-refractivity contribution >= 4 is 5.95 Å². The molecule has 0 spiro atoms. The molecule has 0 bridgehead atoms. The van der Waals surface area contributed by atoms with Crippen LogP contribution in [0.1, 0.15) is 71.1 Å². The smallest absolute Gasteiger partial charge is 0.229 e. The van der Waals surface area contributed by atoms with Gasteiger partial charge in [0.05, 0.1) is 17.7 Å². The molecule has 1 saturated heterocycles. The van der Waals surface area contributed by atoms with Crippen molar-refractivity contribution in [1.82, 2.24) is 30.2 Å². The fourth-order valence-electron chi connectivity index (χ4n) is 4.81. The average Bonchev–Trinajstić information content (AvgIpc) is 3.61. The van der Waals surface area contributed by atoms with Crippen molar-refractivity contribution in [3.8, 4) is 28.5 Å². The van der Waals surface area contributed by atoms with E-state index >= 15 is 0 Å². The van der Waals surface area contributed by atoms with Crippen molar-refractivity contribution in [2.45, 2.75) is 65.7 Å². The SMILES string of the molecule is CC(C)Cc1nc(-c2cnc(N3CCC(CCCOc4cc(F)c(-c5noc(C(C)C)n5)c(F)c4)CC3)nc2)no1. The summed E-state index contributed by atoms with van der Waals surface area (Å²) >= 11 is 0. The molecule has 0 unspecified atom stereocenters. The fourth-order valence-corrected chi connectivity index (χ4v) is 4.81. The van der Waals surface area contributed by atoms with Crippen LogP contribution in [0.15, 0.2) is 33.6 Å². The van der Waals surface area contributed by atoms with E-state index in [1.54, 1.807) is 12.4 Å². The summed E-state index contributed by atoms with van der Waals surface area (Å²) in [5.41, 5.74) is 0.413. The molecule has 4 aromatic rings. The number of rotatable bonds is 11. The molecule has 0 amide bonds. The molecule has 10 nitrogen and oxygen atoms in total. The maximum atomic E-state index is 14.7. The topological polar surface area (TPSA) is 116 Å². The van der Waals surface area contributed by atoms with Gasteiger partial charge in [0, 0.05) is 50.0 Å².